The number of carbonyl (C=O) groups excluding carboxylic acids is 3. The van der Waals surface area contributed by atoms with Crippen LogP contribution in [-0.2, 0) is 10.2 Å². The number of benzene rings is 2. The third-order valence-electron chi connectivity index (χ3n) is 8.22. The highest BCUT2D eigenvalue weighted by Crippen LogP contribution is 2.47. The first kappa shape index (κ1) is 27.9. The molecule has 3 amide bonds. The average Bonchev–Trinajstić information content (AvgIpc) is 3.37. The van der Waals surface area contributed by atoms with Crippen LogP contribution in [0.3, 0.4) is 0 Å². The van der Waals surface area contributed by atoms with E-state index in [9.17, 15) is 19.6 Å². The van der Waals surface area contributed by atoms with E-state index in [0.29, 0.717) is 29.3 Å². The quantitative estimate of drug-likeness (QED) is 0.289. The van der Waals surface area contributed by atoms with Gasteiger partial charge >= 0.3 is 0 Å². The highest BCUT2D eigenvalue weighted by Gasteiger charge is 2.54. The van der Waals surface area contributed by atoms with Gasteiger partial charge in [0, 0.05) is 37.3 Å². The number of H-pyrrole nitrogens is 1. The van der Waals surface area contributed by atoms with Crippen molar-refractivity contribution in [2.75, 3.05) is 20.6 Å². The van der Waals surface area contributed by atoms with E-state index in [4.69, 9.17) is 0 Å². The molecule has 1 saturated carbocycles. The van der Waals surface area contributed by atoms with Gasteiger partial charge in [0.05, 0.1) is 18.0 Å². The molecule has 4 atom stereocenters. The van der Waals surface area contributed by atoms with Gasteiger partial charge in [0.2, 0.25) is 5.91 Å². The Bertz CT molecular complexity index is 1390. The number of carbonyl (C=O) groups is 3. The predicted octanol–water partition coefficient (Wildman–Crippen LogP) is 1.13. The van der Waals surface area contributed by atoms with E-state index in [-0.39, 0.29) is 42.4 Å². The minimum atomic E-state index is -0.949. The molecular formula is C29H33N9O3. The van der Waals surface area contributed by atoms with Crippen molar-refractivity contribution in [3.05, 3.63) is 76.6 Å². The lowest BCUT2D eigenvalue weighted by atomic mass is 9.69. The molecule has 1 aliphatic heterocycles. The maximum absolute atomic E-state index is 13.1. The minimum absolute atomic E-state index is 0.0802. The SMILES string of the molecule is CNC(=O)c1ccc(C(C[C@H](C)NCC(=O)N2C(C#N)C[C@@H]3C[C@@H]32)(c2ccc(C(=O)NC)cc2)c2nn[nH]n2)cc1. The number of likely N-dealkylation sites (tertiary alicyclic amines) is 1. The van der Waals surface area contributed by atoms with Crippen LogP contribution in [0.5, 0.6) is 0 Å². The summed E-state index contributed by atoms with van der Waals surface area (Å²) in [5, 5.41) is 33.3. The number of nitrogens with zero attached hydrogens (tertiary/aromatic N) is 5. The summed E-state index contributed by atoms with van der Waals surface area (Å²) >= 11 is 0. The maximum Gasteiger partial charge on any atom is 0.251 e. The number of piperidine rings is 1. The Morgan fingerprint density at radius 1 is 1.02 bits per heavy atom. The molecule has 41 heavy (non-hydrogen) atoms. The summed E-state index contributed by atoms with van der Waals surface area (Å²) in [7, 11) is 3.15. The van der Waals surface area contributed by atoms with Crippen molar-refractivity contribution in [1.29, 1.82) is 5.26 Å². The van der Waals surface area contributed by atoms with Gasteiger partial charge in [-0.05, 0) is 67.5 Å². The molecule has 0 radical (unpaired) electrons. The number of fused-ring (bicyclic) bond motifs is 1. The summed E-state index contributed by atoms with van der Waals surface area (Å²) in [6.45, 7) is 2.07. The van der Waals surface area contributed by atoms with Gasteiger partial charge in [-0.1, -0.05) is 29.5 Å². The first-order valence-corrected chi connectivity index (χ1v) is 13.7. The molecule has 0 bridgehead atoms. The number of hydrogen-bond acceptors (Lipinski definition) is 8. The fourth-order valence-electron chi connectivity index (χ4n) is 6.01. The Hall–Kier alpha value is -4.63. The molecule has 212 valence electrons. The topological polar surface area (TPSA) is 169 Å². The number of rotatable bonds is 10. The summed E-state index contributed by atoms with van der Waals surface area (Å²) in [5.74, 6) is 0.356. The van der Waals surface area contributed by atoms with E-state index in [0.717, 1.165) is 24.0 Å². The standard InChI is InChI=1S/C29H33N9O3/c1-17(33-16-25(39)38-23(15-30)12-20-13-24(20)38)14-29(28-34-36-37-35-28,21-8-4-18(5-9-21)26(40)31-2)22-10-6-19(7-11-22)27(41)32-3/h4-11,17,20,23-24,33H,12-14,16H2,1-3H3,(H,31,40)(H,32,41)(H,34,35,36,37)/t17-,20+,23?,24-/m0/s1. The molecule has 2 fully saturated rings. The predicted molar refractivity (Wildman–Crippen MR) is 149 cm³/mol. The van der Waals surface area contributed by atoms with Crippen LogP contribution in [-0.4, -0.2) is 82.0 Å². The van der Waals surface area contributed by atoms with Gasteiger partial charge in [-0.2, -0.15) is 10.5 Å². The number of nitrogens with one attached hydrogen (secondary N) is 4. The number of nitriles is 1. The zero-order valence-corrected chi connectivity index (χ0v) is 23.2. The van der Waals surface area contributed by atoms with Gasteiger partial charge in [0.25, 0.3) is 11.8 Å². The molecule has 1 aromatic heterocycles. The van der Waals surface area contributed by atoms with Crippen molar-refractivity contribution in [3.8, 4) is 6.07 Å². The Balaban J connectivity index is 1.48. The summed E-state index contributed by atoms with van der Waals surface area (Å²) in [5.41, 5.74) is 1.67. The molecule has 2 heterocycles. The zero-order valence-electron chi connectivity index (χ0n) is 23.2. The van der Waals surface area contributed by atoms with Crippen LogP contribution in [0.2, 0.25) is 0 Å². The van der Waals surface area contributed by atoms with E-state index >= 15 is 0 Å². The summed E-state index contributed by atoms with van der Waals surface area (Å²) in [4.78, 5) is 39.4. The van der Waals surface area contributed by atoms with E-state index in [1.54, 1.807) is 43.3 Å². The molecule has 2 aliphatic rings. The van der Waals surface area contributed by atoms with Crippen LogP contribution < -0.4 is 16.0 Å². The second-order valence-corrected chi connectivity index (χ2v) is 10.7. The second-order valence-electron chi connectivity index (χ2n) is 10.7. The molecule has 1 unspecified atom stereocenters. The zero-order chi connectivity index (χ0) is 29.1. The van der Waals surface area contributed by atoms with Crippen LogP contribution in [0, 0.1) is 17.2 Å². The molecule has 5 rings (SSSR count). The molecule has 1 saturated heterocycles. The van der Waals surface area contributed by atoms with Crippen molar-refractivity contribution in [1.82, 2.24) is 41.5 Å². The second kappa shape index (κ2) is 11.5. The third-order valence-corrected chi connectivity index (χ3v) is 8.22. The molecule has 0 spiro atoms. The first-order valence-electron chi connectivity index (χ1n) is 13.7. The van der Waals surface area contributed by atoms with Crippen LogP contribution in [0.25, 0.3) is 0 Å². The van der Waals surface area contributed by atoms with Gasteiger partial charge in [-0.15, -0.1) is 10.2 Å². The smallest absolute Gasteiger partial charge is 0.251 e. The average molecular weight is 556 g/mol. The summed E-state index contributed by atoms with van der Waals surface area (Å²) in [6, 6.07) is 16.3. The molecule has 12 nitrogen and oxygen atoms in total. The van der Waals surface area contributed by atoms with Crippen molar-refractivity contribution >= 4 is 17.7 Å². The van der Waals surface area contributed by atoms with Gasteiger partial charge < -0.3 is 20.9 Å². The lowest BCUT2D eigenvalue weighted by Gasteiger charge is -2.35. The van der Waals surface area contributed by atoms with Crippen molar-refractivity contribution < 1.29 is 14.4 Å². The largest absolute Gasteiger partial charge is 0.355 e. The molecule has 2 aromatic carbocycles. The summed E-state index contributed by atoms with van der Waals surface area (Å²) in [6.07, 6.45) is 2.15. The third kappa shape index (κ3) is 5.28. The van der Waals surface area contributed by atoms with Crippen LogP contribution in [0.4, 0.5) is 0 Å². The van der Waals surface area contributed by atoms with E-state index in [2.05, 4.69) is 42.6 Å². The number of tetrazole rings is 1. The lowest BCUT2D eigenvalue weighted by molar-refractivity contribution is -0.131. The van der Waals surface area contributed by atoms with Gasteiger partial charge in [0.1, 0.15) is 6.04 Å². The Morgan fingerprint density at radius 3 is 2.10 bits per heavy atom. The molecule has 12 heteroatoms. The maximum atomic E-state index is 13.1. The fraction of sp³-hybridized carbons (Fsp3) is 0.414. The molecule has 1 aliphatic carbocycles. The number of aromatic amines is 1. The number of amides is 3. The highest BCUT2D eigenvalue weighted by atomic mass is 16.2. The van der Waals surface area contributed by atoms with Crippen molar-refractivity contribution in [3.63, 3.8) is 0 Å². The molecule has 4 N–H and O–H groups in total. The number of aromatic nitrogens is 4. The Labute approximate surface area is 237 Å². The van der Waals surface area contributed by atoms with Gasteiger partial charge in [-0.3, -0.25) is 14.4 Å². The highest BCUT2D eigenvalue weighted by molar-refractivity contribution is 5.94. The Morgan fingerprint density at radius 2 is 1.61 bits per heavy atom. The van der Waals surface area contributed by atoms with Gasteiger partial charge in [-0.25, -0.2) is 0 Å². The fourth-order valence-corrected chi connectivity index (χ4v) is 6.01. The van der Waals surface area contributed by atoms with Crippen LogP contribution in [0.15, 0.2) is 48.5 Å². The van der Waals surface area contributed by atoms with Gasteiger partial charge in [0.15, 0.2) is 5.82 Å². The van der Waals surface area contributed by atoms with Crippen LogP contribution >= 0.6 is 0 Å². The Kier molecular flexibility index (Phi) is 7.81. The number of hydrogen-bond donors (Lipinski definition) is 4. The van der Waals surface area contributed by atoms with E-state index in [1.165, 1.54) is 0 Å². The first-order chi connectivity index (χ1) is 19.8. The van der Waals surface area contributed by atoms with E-state index < -0.39 is 5.41 Å². The van der Waals surface area contributed by atoms with Crippen molar-refractivity contribution in [2.24, 2.45) is 5.92 Å². The minimum Gasteiger partial charge on any atom is -0.355 e. The lowest BCUT2D eigenvalue weighted by Crippen LogP contribution is -2.46. The van der Waals surface area contributed by atoms with Crippen LogP contribution in [0.1, 0.15) is 63.9 Å². The molecular weight excluding hydrogens is 522 g/mol. The summed E-state index contributed by atoms with van der Waals surface area (Å²) < 4.78 is 0. The molecule has 3 aromatic rings. The normalized spacial score (nSPS) is 20.0. The van der Waals surface area contributed by atoms with Crippen molar-refractivity contribution in [2.45, 2.75) is 49.7 Å². The monoisotopic (exact) mass is 555 g/mol. The van der Waals surface area contributed by atoms with E-state index in [1.807, 2.05) is 31.2 Å².